The van der Waals surface area contributed by atoms with Crippen molar-refractivity contribution in [3.05, 3.63) is 12.3 Å². The molecule has 4 rings (SSSR count). The van der Waals surface area contributed by atoms with E-state index in [0.717, 1.165) is 37.3 Å². The van der Waals surface area contributed by atoms with Crippen molar-refractivity contribution in [2.75, 3.05) is 18.0 Å². The molecule has 6 nitrogen and oxygen atoms in total. The van der Waals surface area contributed by atoms with E-state index in [2.05, 4.69) is 15.0 Å². The number of fused-ring (bicyclic) bond motifs is 3. The van der Waals surface area contributed by atoms with E-state index in [9.17, 15) is 5.11 Å². The highest BCUT2D eigenvalue weighted by atomic mass is 16.5. The maximum absolute atomic E-state index is 10.1. The SMILES string of the molecule is Cn1ncc2nc(N3CC4CCC(C3)O4)cc(O)c21. The molecule has 1 N–H and O–H groups in total. The van der Waals surface area contributed by atoms with Crippen LogP contribution in [0.15, 0.2) is 12.3 Å². The van der Waals surface area contributed by atoms with E-state index in [1.165, 1.54) is 0 Å². The van der Waals surface area contributed by atoms with Crippen molar-refractivity contribution in [3.8, 4) is 5.75 Å². The van der Waals surface area contributed by atoms with E-state index in [0.29, 0.717) is 17.7 Å². The van der Waals surface area contributed by atoms with E-state index < -0.39 is 0 Å². The molecule has 0 aromatic carbocycles. The lowest BCUT2D eigenvalue weighted by Crippen LogP contribution is -2.43. The van der Waals surface area contributed by atoms with E-state index in [4.69, 9.17) is 4.74 Å². The Morgan fingerprint density at radius 2 is 2.05 bits per heavy atom. The molecule has 2 fully saturated rings. The Hall–Kier alpha value is -1.82. The molecular weight excluding hydrogens is 244 g/mol. The van der Waals surface area contributed by atoms with Crippen LogP contribution in [0.4, 0.5) is 5.82 Å². The summed E-state index contributed by atoms with van der Waals surface area (Å²) in [6.07, 6.45) is 4.57. The minimum atomic E-state index is 0.235. The Bertz CT molecular complexity index is 627. The molecule has 2 aliphatic rings. The molecule has 0 amide bonds. The third-order valence-corrected chi connectivity index (χ3v) is 4.03. The van der Waals surface area contributed by atoms with Crippen molar-refractivity contribution in [3.63, 3.8) is 0 Å². The normalized spacial score (nSPS) is 26.3. The van der Waals surface area contributed by atoms with E-state index in [1.807, 2.05) is 0 Å². The van der Waals surface area contributed by atoms with Gasteiger partial charge in [0.1, 0.15) is 22.6 Å². The molecular formula is C13H16N4O2. The highest BCUT2D eigenvalue weighted by Gasteiger charge is 2.34. The Morgan fingerprint density at radius 1 is 1.32 bits per heavy atom. The van der Waals surface area contributed by atoms with Gasteiger partial charge >= 0.3 is 0 Å². The first kappa shape index (κ1) is 11.0. The fourth-order valence-electron chi connectivity index (χ4n) is 3.11. The van der Waals surface area contributed by atoms with Crippen LogP contribution < -0.4 is 4.90 Å². The first-order valence-electron chi connectivity index (χ1n) is 6.63. The van der Waals surface area contributed by atoms with Crippen LogP contribution in [0.2, 0.25) is 0 Å². The van der Waals surface area contributed by atoms with Gasteiger partial charge in [0.05, 0.1) is 18.4 Å². The largest absolute Gasteiger partial charge is 0.505 e. The molecule has 4 heterocycles. The monoisotopic (exact) mass is 260 g/mol. The molecule has 6 heteroatoms. The summed E-state index contributed by atoms with van der Waals surface area (Å²) in [5, 5.41) is 14.3. The zero-order valence-electron chi connectivity index (χ0n) is 10.8. The lowest BCUT2D eigenvalue weighted by atomic mass is 10.2. The Labute approximate surface area is 110 Å². The van der Waals surface area contributed by atoms with Gasteiger partial charge in [0.15, 0.2) is 0 Å². The van der Waals surface area contributed by atoms with Gasteiger partial charge in [-0.15, -0.1) is 0 Å². The number of rotatable bonds is 1. The molecule has 2 atom stereocenters. The van der Waals surface area contributed by atoms with Gasteiger partial charge in [-0.1, -0.05) is 0 Å². The molecule has 19 heavy (non-hydrogen) atoms. The Kier molecular flexibility index (Phi) is 2.23. The summed E-state index contributed by atoms with van der Waals surface area (Å²) < 4.78 is 7.47. The number of nitrogens with zero attached hydrogens (tertiary/aromatic N) is 4. The number of aryl methyl sites for hydroxylation is 1. The summed E-state index contributed by atoms with van der Waals surface area (Å²) >= 11 is 0. The van der Waals surface area contributed by atoms with Crippen LogP contribution in [0.3, 0.4) is 0 Å². The van der Waals surface area contributed by atoms with Crippen molar-refractivity contribution < 1.29 is 9.84 Å². The van der Waals surface area contributed by atoms with Gasteiger partial charge in [-0.3, -0.25) is 4.68 Å². The summed E-state index contributed by atoms with van der Waals surface area (Å²) in [4.78, 5) is 6.81. The van der Waals surface area contributed by atoms with E-state index in [-0.39, 0.29) is 5.75 Å². The van der Waals surface area contributed by atoms with Crippen molar-refractivity contribution >= 4 is 16.9 Å². The van der Waals surface area contributed by atoms with Gasteiger partial charge in [0.2, 0.25) is 0 Å². The molecule has 2 aromatic heterocycles. The van der Waals surface area contributed by atoms with Crippen LogP contribution in [0.25, 0.3) is 11.0 Å². The average Bonchev–Trinajstić information content (AvgIpc) is 2.93. The van der Waals surface area contributed by atoms with Crippen LogP contribution >= 0.6 is 0 Å². The molecule has 2 saturated heterocycles. The standard InChI is InChI=1S/C13H16N4O2/c1-16-13-10(5-14-16)15-12(4-11(13)18)17-6-8-2-3-9(7-17)19-8/h4-5,8-9H,2-3,6-7H2,1H3,(H,15,18). The van der Waals surface area contributed by atoms with Crippen LogP contribution in [0.5, 0.6) is 5.75 Å². The number of aromatic hydroxyl groups is 1. The second kappa shape index (κ2) is 3.84. The second-order valence-electron chi connectivity index (χ2n) is 5.36. The summed E-state index contributed by atoms with van der Waals surface area (Å²) in [5.41, 5.74) is 1.41. The van der Waals surface area contributed by atoms with Crippen LogP contribution in [-0.4, -0.2) is 45.2 Å². The molecule has 2 aromatic rings. The predicted octanol–water partition coefficient (Wildman–Crippen LogP) is 1.04. The smallest absolute Gasteiger partial charge is 0.146 e. The molecule has 100 valence electrons. The van der Waals surface area contributed by atoms with Crippen LogP contribution in [-0.2, 0) is 11.8 Å². The van der Waals surface area contributed by atoms with Gasteiger partial charge in [0, 0.05) is 26.2 Å². The minimum Gasteiger partial charge on any atom is -0.505 e. The van der Waals surface area contributed by atoms with Crippen molar-refractivity contribution in [1.29, 1.82) is 0 Å². The number of hydrogen-bond donors (Lipinski definition) is 1. The topological polar surface area (TPSA) is 63.4 Å². The number of pyridine rings is 1. The minimum absolute atomic E-state index is 0.235. The van der Waals surface area contributed by atoms with Gasteiger partial charge < -0.3 is 14.7 Å². The number of aromatic nitrogens is 3. The molecule has 2 bridgehead atoms. The van der Waals surface area contributed by atoms with Crippen molar-refractivity contribution in [2.45, 2.75) is 25.0 Å². The zero-order chi connectivity index (χ0) is 13.0. The molecule has 0 aliphatic carbocycles. The van der Waals surface area contributed by atoms with Crippen molar-refractivity contribution in [1.82, 2.24) is 14.8 Å². The summed E-state index contributed by atoms with van der Waals surface area (Å²) in [6, 6.07) is 1.73. The predicted molar refractivity (Wildman–Crippen MR) is 70.3 cm³/mol. The lowest BCUT2D eigenvalue weighted by molar-refractivity contribution is 0.0302. The van der Waals surface area contributed by atoms with Gasteiger partial charge in [0.25, 0.3) is 0 Å². The highest BCUT2D eigenvalue weighted by molar-refractivity contribution is 5.83. The summed E-state index contributed by atoms with van der Waals surface area (Å²) in [6.45, 7) is 1.71. The number of morpholine rings is 1. The van der Waals surface area contributed by atoms with Crippen LogP contribution in [0.1, 0.15) is 12.8 Å². The molecule has 2 unspecified atom stereocenters. The summed E-state index contributed by atoms with van der Waals surface area (Å²) in [7, 11) is 1.80. The maximum Gasteiger partial charge on any atom is 0.146 e. The fraction of sp³-hybridized carbons (Fsp3) is 0.538. The second-order valence-corrected chi connectivity index (χ2v) is 5.36. The van der Waals surface area contributed by atoms with Gasteiger partial charge in [-0.2, -0.15) is 5.10 Å². The van der Waals surface area contributed by atoms with Crippen molar-refractivity contribution in [2.24, 2.45) is 7.05 Å². The number of anilines is 1. The molecule has 0 spiro atoms. The van der Waals surface area contributed by atoms with Gasteiger partial charge in [-0.05, 0) is 12.8 Å². The number of ether oxygens (including phenoxy) is 1. The van der Waals surface area contributed by atoms with E-state index in [1.54, 1.807) is 24.0 Å². The third-order valence-electron chi connectivity index (χ3n) is 4.03. The Balaban J connectivity index is 1.75. The quantitative estimate of drug-likeness (QED) is 0.830. The first-order valence-corrected chi connectivity index (χ1v) is 6.63. The zero-order valence-corrected chi connectivity index (χ0v) is 10.8. The van der Waals surface area contributed by atoms with Crippen LogP contribution in [0, 0.1) is 0 Å². The lowest BCUT2D eigenvalue weighted by Gasteiger charge is -2.33. The molecule has 0 saturated carbocycles. The molecule has 0 radical (unpaired) electrons. The van der Waals surface area contributed by atoms with Gasteiger partial charge in [-0.25, -0.2) is 4.98 Å². The fourth-order valence-corrected chi connectivity index (χ4v) is 3.11. The third kappa shape index (κ3) is 1.67. The average molecular weight is 260 g/mol. The highest BCUT2D eigenvalue weighted by Crippen LogP contribution is 2.32. The summed E-state index contributed by atoms with van der Waals surface area (Å²) in [5.74, 6) is 1.05. The maximum atomic E-state index is 10.1. The molecule has 2 aliphatic heterocycles. The number of hydrogen-bond acceptors (Lipinski definition) is 5. The Morgan fingerprint density at radius 3 is 2.79 bits per heavy atom. The first-order chi connectivity index (χ1) is 9.20. The van der Waals surface area contributed by atoms with E-state index >= 15 is 0 Å².